The van der Waals surface area contributed by atoms with Gasteiger partial charge in [-0.05, 0) is 43.9 Å². The molecule has 1 fully saturated rings. The predicted molar refractivity (Wildman–Crippen MR) is 117 cm³/mol. The Labute approximate surface area is 172 Å². The van der Waals surface area contributed by atoms with Crippen molar-refractivity contribution in [1.29, 1.82) is 0 Å². The van der Waals surface area contributed by atoms with Crippen molar-refractivity contribution in [1.82, 2.24) is 10.6 Å². The first-order chi connectivity index (χ1) is 11.6. The predicted octanol–water partition coefficient (Wildman–Crippen LogP) is 3.82. The van der Waals surface area contributed by atoms with Crippen LogP contribution in [0.3, 0.4) is 0 Å². The fourth-order valence-electron chi connectivity index (χ4n) is 3.18. The number of hydrogen-bond donors (Lipinski definition) is 2. The molecule has 5 nitrogen and oxygen atoms in total. The molecule has 0 bridgehead atoms. The summed E-state index contributed by atoms with van der Waals surface area (Å²) in [6, 6.07) is 0. The van der Waals surface area contributed by atoms with Gasteiger partial charge in [0.2, 0.25) is 0 Å². The van der Waals surface area contributed by atoms with Crippen LogP contribution in [-0.2, 0) is 9.47 Å². The van der Waals surface area contributed by atoms with Gasteiger partial charge in [-0.2, -0.15) is 0 Å². The molecule has 0 radical (unpaired) electrons. The SMILES string of the molecule is CCNC(=NCC1(CCOC)CCCC1)NCCOCCC(C)C.I. The Hall–Kier alpha value is -0.0800. The van der Waals surface area contributed by atoms with Crippen molar-refractivity contribution in [2.75, 3.05) is 46.6 Å². The molecular weight excluding hydrogens is 429 g/mol. The van der Waals surface area contributed by atoms with Gasteiger partial charge in [-0.25, -0.2) is 0 Å². The lowest BCUT2D eigenvalue weighted by atomic mass is 9.83. The van der Waals surface area contributed by atoms with Crippen molar-refractivity contribution in [2.24, 2.45) is 16.3 Å². The average molecular weight is 469 g/mol. The van der Waals surface area contributed by atoms with Gasteiger partial charge in [-0.15, -0.1) is 24.0 Å². The molecule has 0 heterocycles. The van der Waals surface area contributed by atoms with E-state index in [4.69, 9.17) is 14.5 Å². The molecule has 1 aliphatic rings. The Bertz CT molecular complexity index is 346. The van der Waals surface area contributed by atoms with Gasteiger partial charge in [-0.1, -0.05) is 26.7 Å². The normalized spacial score (nSPS) is 16.8. The maximum atomic E-state index is 5.66. The third-order valence-corrected chi connectivity index (χ3v) is 4.80. The van der Waals surface area contributed by atoms with Crippen LogP contribution in [0.4, 0.5) is 0 Å². The first kappa shape index (κ1) is 24.9. The van der Waals surface area contributed by atoms with Crippen LogP contribution >= 0.6 is 24.0 Å². The second-order valence-electron chi connectivity index (χ2n) is 7.37. The summed E-state index contributed by atoms with van der Waals surface area (Å²) in [5.74, 6) is 1.61. The zero-order chi connectivity index (χ0) is 17.7. The van der Waals surface area contributed by atoms with Crippen LogP contribution < -0.4 is 10.6 Å². The monoisotopic (exact) mass is 469 g/mol. The molecule has 0 aromatic carbocycles. The minimum absolute atomic E-state index is 0. The van der Waals surface area contributed by atoms with Crippen LogP contribution in [0.1, 0.15) is 59.3 Å². The topological polar surface area (TPSA) is 54.9 Å². The quantitative estimate of drug-likeness (QED) is 0.198. The first-order valence-corrected chi connectivity index (χ1v) is 9.71. The summed E-state index contributed by atoms with van der Waals surface area (Å²) < 4.78 is 11.0. The number of halogens is 1. The fourth-order valence-corrected chi connectivity index (χ4v) is 3.18. The van der Waals surface area contributed by atoms with E-state index in [2.05, 4.69) is 31.4 Å². The van der Waals surface area contributed by atoms with Crippen molar-refractivity contribution < 1.29 is 9.47 Å². The summed E-state index contributed by atoms with van der Waals surface area (Å²) in [6.07, 6.45) is 7.44. The van der Waals surface area contributed by atoms with E-state index in [1.54, 1.807) is 7.11 Å². The second-order valence-corrected chi connectivity index (χ2v) is 7.37. The number of rotatable bonds is 12. The lowest BCUT2D eigenvalue weighted by Gasteiger charge is -2.27. The van der Waals surface area contributed by atoms with E-state index in [9.17, 15) is 0 Å². The Kier molecular flexibility index (Phi) is 15.0. The lowest BCUT2D eigenvalue weighted by Crippen LogP contribution is -2.40. The van der Waals surface area contributed by atoms with Crippen LogP contribution in [0.15, 0.2) is 4.99 Å². The molecule has 0 aromatic heterocycles. The van der Waals surface area contributed by atoms with Crippen LogP contribution in [-0.4, -0.2) is 52.5 Å². The minimum Gasteiger partial charge on any atom is -0.385 e. The second kappa shape index (κ2) is 15.0. The fraction of sp³-hybridized carbons (Fsp3) is 0.947. The van der Waals surface area contributed by atoms with Crippen LogP contribution in [0, 0.1) is 11.3 Å². The molecule has 1 aliphatic carbocycles. The molecule has 0 unspecified atom stereocenters. The highest BCUT2D eigenvalue weighted by molar-refractivity contribution is 14.0. The standard InChI is InChI=1S/C19H39N3O2.HI/c1-5-20-18(21-12-15-24-13-8-17(2)3)22-16-19(11-14-23-4)9-6-7-10-19;/h17H,5-16H2,1-4H3,(H2,20,21,22);1H. The summed E-state index contributed by atoms with van der Waals surface area (Å²) in [6.45, 7) is 11.5. The van der Waals surface area contributed by atoms with E-state index in [0.717, 1.165) is 58.3 Å². The van der Waals surface area contributed by atoms with Gasteiger partial charge in [0.25, 0.3) is 0 Å². The van der Waals surface area contributed by atoms with E-state index in [0.29, 0.717) is 11.3 Å². The van der Waals surface area contributed by atoms with Crippen LogP contribution in [0.5, 0.6) is 0 Å². The van der Waals surface area contributed by atoms with Gasteiger partial charge in [0.05, 0.1) is 6.61 Å². The van der Waals surface area contributed by atoms with Crippen molar-refractivity contribution in [3.63, 3.8) is 0 Å². The molecule has 25 heavy (non-hydrogen) atoms. The van der Waals surface area contributed by atoms with E-state index < -0.39 is 0 Å². The molecule has 0 spiro atoms. The minimum atomic E-state index is 0. The zero-order valence-corrected chi connectivity index (χ0v) is 19.1. The Morgan fingerprint density at radius 1 is 1.12 bits per heavy atom. The molecule has 150 valence electrons. The molecule has 2 N–H and O–H groups in total. The zero-order valence-electron chi connectivity index (χ0n) is 16.7. The maximum absolute atomic E-state index is 5.66. The smallest absolute Gasteiger partial charge is 0.191 e. The van der Waals surface area contributed by atoms with Crippen LogP contribution in [0.2, 0.25) is 0 Å². The van der Waals surface area contributed by atoms with E-state index in [-0.39, 0.29) is 24.0 Å². The van der Waals surface area contributed by atoms with Crippen LogP contribution in [0.25, 0.3) is 0 Å². The lowest BCUT2D eigenvalue weighted by molar-refractivity contribution is 0.128. The van der Waals surface area contributed by atoms with Crippen molar-refractivity contribution in [3.8, 4) is 0 Å². The highest BCUT2D eigenvalue weighted by Gasteiger charge is 2.33. The van der Waals surface area contributed by atoms with Gasteiger partial charge in [0, 0.05) is 40.0 Å². The number of guanidine groups is 1. The summed E-state index contributed by atoms with van der Waals surface area (Å²) in [7, 11) is 1.79. The highest BCUT2D eigenvalue weighted by Crippen LogP contribution is 2.41. The molecule has 1 saturated carbocycles. The number of methoxy groups -OCH3 is 1. The molecule has 0 atom stereocenters. The Morgan fingerprint density at radius 2 is 1.84 bits per heavy atom. The number of nitrogens with zero attached hydrogens (tertiary/aromatic N) is 1. The number of ether oxygens (including phenoxy) is 2. The summed E-state index contributed by atoms with van der Waals surface area (Å²) in [5.41, 5.74) is 0.339. The molecule has 0 aliphatic heterocycles. The van der Waals surface area contributed by atoms with Crippen molar-refractivity contribution >= 4 is 29.9 Å². The molecule has 0 saturated heterocycles. The van der Waals surface area contributed by atoms with Gasteiger partial charge in [0.15, 0.2) is 5.96 Å². The van der Waals surface area contributed by atoms with E-state index in [1.807, 2.05) is 0 Å². The van der Waals surface area contributed by atoms with E-state index >= 15 is 0 Å². The van der Waals surface area contributed by atoms with Gasteiger partial charge in [0.1, 0.15) is 0 Å². The van der Waals surface area contributed by atoms with Gasteiger partial charge < -0.3 is 20.1 Å². The Morgan fingerprint density at radius 3 is 2.44 bits per heavy atom. The highest BCUT2D eigenvalue weighted by atomic mass is 127. The Balaban J connectivity index is 0.00000576. The summed E-state index contributed by atoms with van der Waals surface area (Å²) >= 11 is 0. The molecule has 0 amide bonds. The largest absolute Gasteiger partial charge is 0.385 e. The number of hydrogen-bond acceptors (Lipinski definition) is 3. The van der Waals surface area contributed by atoms with Gasteiger partial charge in [-0.3, -0.25) is 4.99 Å². The molecule has 1 rings (SSSR count). The average Bonchev–Trinajstić information content (AvgIpc) is 3.03. The first-order valence-electron chi connectivity index (χ1n) is 9.71. The van der Waals surface area contributed by atoms with Crippen molar-refractivity contribution in [2.45, 2.75) is 59.3 Å². The molecule has 0 aromatic rings. The molecular formula is C19H40IN3O2. The third kappa shape index (κ3) is 11.3. The summed E-state index contributed by atoms with van der Waals surface area (Å²) in [4.78, 5) is 4.85. The van der Waals surface area contributed by atoms with E-state index in [1.165, 1.54) is 25.7 Å². The number of nitrogens with one attached hydrogen (secondary N) is 2. The maximum Gasteiger partial charge on any atom is 0.191 e. The molecule has 6 heteroatoms. The third-order valence-electron chi connectivity index (χ3n) is 4.80. The van der Waals surface area contributed by atoms with Crippen molar-refractivity contribution in [3.05, 3.63) is 0 Å². The summed E-state index contributed by atoms with van der Waals surface area (Å²) in [5, 5.41) is 6.73. The van der Waals surface area contributed by atoms with Gasteiger partial charge >= 0.3 is 0 Å². The number of aliphatic imine (C=N–C) groups is 1.